The Morgan fingerprint density at radius 2 is 1.74 bits per heavy atom. The van der Waals surface area contributed by atoms with Gasteiger partial charge in [0.2, 0.25) is 6.41 Å². The van der Waals surface area contributed by atoms with Gasteiger partial charge >= 0.3 is 0 Å². The molecule has 0 unspecified atom stereocenters. The van der Waals surface area contributed by atoms with Crippen LogP contribution in [0.3, 0.4) is 0 Å². The Morgan fingerprint density at radius 3 is 2.30 bits per heavy atom. The van der Waals surface area contributed by atoms with Crippen LogP contribution in [0.5, 0.6) is 0 Å². The topological polar surface area (TPSA) is 82.6 Å². The molecule has 0 spiro atoms. The molecule has 7 heteroatoms. The Morgan fingerprint density at radius 1 is 1.13 bits per heavy atom. The Balaban J connectivity index is 2.09. The predicted octanol–water partition coefficient (Wildman–Crippen LogP) is 0.524. The number of carbonyl (C=O) groups excluding carboxylic acids is 3. The largest absolute Gasteiger partial charge is 0.347 e. The number of piperazine rings is 1. The van der Waals surface area contributed by atoms with E-state index in [-0.39, 0.29) is 17.4 Å². The zero-order chi connectivity index (χ0) is 17.0. The zero-order valence-corrected chi connectivity index (χ0v) is 13.7. The van der Waals surface area contributed by atoms with Crippen LogP contribution in [0.2, 0.25) is 0 Å². The first kappa shape index (κ1) is 16.9. The summed E-state index contributed by atoms with van der Waals surface area (Å²) in [5.74, 6) is -0.432. The van der Waals surface area contributed by atoms with Gasteiger partial charge in [-0.2, -0.15) is 0 Å². The molecule has 0 aromatic carbocycles. The van der Waals surface area contributed by atoms with Crippen LogP contribution in [0.25, 0.3) is 0 Å². The van der Waals surface area contributed by atoms with E-state index >= 15 is 0 Å². The van der Waals surface area contributed by atoms with E-state index in [1.54, 1.807) is 15.9 Å². The summed E-state index contributed by atoms with van der Waals surface area (Å²) in [6.07, 6.45) is 3.70. The third-order valence-electron chi connectivity index (χ3n) is 3.49. The average Bonchev–Trinajstić information content (AvgIpc) is 2.53. The molecule has 2 rings (SSSR count). The van der Waals surface area contributed by atoms with Gasteiger partial charge in [-0.1, -0.05) is 0 Å². The van der Waals surface area contributed by atoms with Gasteiger partial charge in [0.25, 0.3) is 11.8 Å². The SMILES string of the molecule is CC(C)(C)NC(=O)c1cncc(C(=O)N2CCN(C=O)CC2)c1. The Hall–Kier alpha value is -2.44. The highest BCUT2D eigenvalue weighted by Gasteiger charge is 2.23. The molecule has 0 saturated carbocycles. The van der Waals surface area contributed by atoms with Gasteiger partial charge in [-0.15, -0.1) is 0 Å². The van der Waals surface area contributed by atoms with Gasteiger partial charge in [-0.3, -0.25) is 19.4 Å². The van der Waals surface area contributed by atoms with Crippen molar-refractivity contribution in [1.29, 1.82) is 0 Å². The number of nitrogens with zero attached hydrogens (tertiary/aromatic N) is 3. The molecule has 1 aliphatic rings. The number of carbonyl (C=O) groups is 3. The summed E-state index contributed by atoms with van der Waals surface area (Å²) in [5, 5.41) is 2.85. The smallest absolute Gasteiger partial charge is 0.255 e. The molecule has 1 fully saturated rings. The molecule has 1 aromatic rings. The molecule has 1 N–H and O–H groups in total. The number of amides is 3. The van der Waals surface area contributed by atoms with Gasteiger partial charge < -0.3 is 15.1 Å². The molecular weight excluding hydrogens is 296 g/mol. The van der Waals surface area contributed by atoms with E-state index in [2.05, 4.69) is 10.3 Å². The number of hydrogen-bond acceptors (Lipinski definition) is 4. The first-order valence-electron chi connectivity index (χ1n) is 7.56. The van der Waals surface area contributed by atoms with Crippen molar-refractivity contribution in [3.63, 3.8) is 0 Å². The Labute approximate surface area is 135 Å². The monoisotopic (exact) mass is 318 g/mol. The van der Waals surface area contributed by atoms with Crippen LogP contribution < -0.4 is 5.32 Å². The molecule has 124 valence electrons. The van der Waals surface area contributed by atoms with Gasteiger partial charge in [-0.25, -0.2) is 0 Å². The summed E-state index contributed by atoms with van der Waals surface area (Å²) in [6, 6.07) is 1.56. The predicted molar refractivity (Wildman–Crippen MR) is 85.0 cm³/mol. The van der Waals surface area contributed by atoms with Gasteiger partial charge in [0.15, 0.2) is 0 Å². The highest BCUT2D eigenvalue weighted by Crippen LogP contribution is 2.10. The molecule has 2 heterocycles. The number of aromatic nitrogens is 1. The molecule has 1 aliphatic heterocycles. The highest BCUT2D eigenvalue weighted by atomic mass is 16.2. The molecule has 23 heavy (non-hydrogen) atoms. The molecule has 0 bridgehead atoms. The van der Waals surface area contributed by atoms with E-state index < -0.39 is 0 Å². The number of hydrogen-bond donors (Lipinski definition) is 1. The third kappa shape index (κ3) is 4.51. The van der Waals surface area contributed by atoms with E-state index in [9.17, 15) is 14.4 Å². The second-order valence-corrected chi connectivity index (χ2v) is 6.60. The minimum absolute atomic E-state index is 0.173. The first-order chi connectivity index (χ1) is 10.8. The molecule has 0 radical (unpaired) electrons. The fourth-order valence-corrected chi connectivity index (χ4v) is 2.31. The van der Waals surface area contributed by atoms with Crippen LogP contribution in [0, 0.1) is 0 Å². The van der Waals surface area contributed by atoms with Crippen molar-refractivity contribution in [3.8, 4) is 0 Å². The number of pyridine rings is 1. The Bertz CT molecular complexity index is 602. The Kier molecular flexibility index (Phi) is 4.98. The van der Waals surface area contributed by atoms with Gasteiger partial charge in [-0.05, 0) is 26.8 Å². The molecule has 1 aromatic heterocycles. The van der Waals surface area contributed by atoms with Crippen LogP contribution in [0.15, 0.2) is 18.5 Å². The maximum atomic E-state index is 12.5. The second-order valence-electron chi connectivity index (χ2n) is 6.60. The molecular formula is C16H22N4O3. The van der Waals surface area contributed by atoms with Crippen molar-refractivity contribution in [1.82, 2.24) is 20.1 Å². The lowest BCUT2D eigenvalue weighted by Gasteiger charge is -2.32. The fourth-order valence-electron chi connectivity index (χ4n) is 2.31. The second kappa shape index (κ2) is 6.76. The lowest BCUT2D eigenvalue weighted by atomic mass is 10.1. The molecule has 0 aliphatic carbocycles. The summed E-state index contributed by atoms with van der Waals surface area (Å²) in [6.45, 7) is 7.67. The lowest BCUT2D eigenvalue weighted by molar-refractivity contribution is -0.119. The van der Waals surface area contributed by atoms with Crippen LogP contribution in [-0.2, 0) is 4.79 Å². The fraction of sp³-hybridized carbons (Fsp3) is 0.500. The van der Waals surface area contributed by atoms with Gasteiger partial charge in [0.1, 0.15) is 0 Å². The maximum absolute atomic E-state index is 12.5. The molecule has 3 amide bonds. The minimum Gasteiger partial charge on any atom is -0.347 e. The number of rotatable bonds is 3. The summed E-state index contributed by atoms with van der Waals surface area (Å²) in [4.78, 5) is 42.7. The van der Waals surface area contributed by atoms with Crippen molar-refractivity contribution < 1.29 is 14.4 Å². The van der Waals surface area contributed by atoms with E-state index in [0.717, 1.165) is 6.41 Å². The first-order valence-corrected chi connectivity index (χ1v) is 7.56. The van der Waals surface area contributed by atoms with Crippen LogP contribution in [-0.4, -0.2) is 64.7 Å². The number of nitrogens with one attached hydrogen (secondary N) is 1. The summed E-state index contributed by atoms with van der Waals surface area (Å²) in [5.41, 5.74) is 0.380. The van der Waals surface area contributed by atoms with Crippen molar-refractivity contribution >= 4 is 18.2 Å². The third-order valence-corrected chi connectivity index (χ3v) is 3.49. The van der Waals surface area contributed by atoms with Gasteiger partial charge in [0, 0.05) is 44.1 Å². The molecule has 1 saturated heterocycles. The van der Waals surface area contributed by atoms with E-state index in [1.165, 1.54) is 12.4 Å². The van der Waals surface area contributed by atoms with Crippen LogP contribution >= 0.6 is 0 Å². The summed E-state index contributed by atoms with van der Waals surface area (Å²) in [7, 11) is 0. The zero-order valence-electron chi connectivity index (χ0n) is 13.7. The summed E-state index contributed by atoms with van der Waals surface area (Å²) >= 11 is 0. The van der Waals surface area contributed by atoms with Crippen molar-refractivity contribution in [2.24, 2.45) is 0 Å². The summed E-state index contributed by atoms with van der Waals surface area (Å²) < 4.78 is 0. The van der Waals surface area contributed by atoms with Crippen molar-refractivity contribution in [2.75, 3.05) is 26.2 Å². The van der Waals surface area contributed by atoms with E-state index in [1.807, 2.05) is 20.8 Å². The highest BCUT2D eigenvalue weighted by molar-refractivity contribution is 5.99. The quantitative estimate of drug-likeness (QED) is 0.824. The van der Waals surface area contributed by atoms with E-state index in [0.29, 0.717) is 37.3 Å². The average molecular weight is 318 g/mol. The molecule has 7 nitrogen and oxygen atoms in total. The van der Waals surface area contributed by atoms with Crippen LogP contribution in [0.4, 0.5) is 0 Å². The normalized spacial score (nSPS) is 15.3. The minimum atomic E-state index is -0.359. The van der Waals surface area contributed by atoms with Crippen LogP contribution in [0.1, 0.15) is 41.5 Å². The van der Waals surface area contributed by atoms with Gasteiger partial charge in [0.05, 0.1) is 11.1 Å². The molecule has 0 atom stereocenters. The van der Waals surface area contributed by atoms with Crippen molar-refractivity contribution in [3.05, 3.63) is 29.6 Å². The standard InChI is InChI=1S/C16H22N4O3/c1-16(2,3)18-14(22)12-8-13(10-17-9-12)15(23)20-6-4-19(11-21)5-7-20/h8-11H,4-7H2,1-3H3,(H,18,22). The lowest BCUT2D eigenvalue weighted by Crippen LogP contribution is -2.48. The van der Waals surface area contributed by atoms with E-state index in [4.69, 9.17) is 0 Å². The maximum Gasteiger partial charge on any atom is 0.255 e. The van der Waals surface area contributed by atoms with Crippen molar-refractivity contribution in [2.45, 2.75) is 26.3 Å².